The fourth-order valence-electron chi connectivity index (χ4n) is 3.31. The van der Waals surface area contributed by atoms with Gasteiger partial charge in [-0.25, -0.2) is 0 Å². The minimum atomic E-state index is 0.498. The van der Waals surface area contributed by atoms with Crippen LogP contribution in [0, 0.1) is 5.92 Å². The summed E-state index contributed by atoms with van der Waals surface area (Å²) in [5.74, 6) is 5.59. The lowest BCUT2D eigenvalue weighted by molar-refractivity contribution is 0.302. The molecule has 3 rings (SSSR count). The van der Waals surface area contributed by atoms with E-state index in [9.17, 15) is 0 Å². The average molecular weight is 295 g/mol. The van der Waals surface area contributed by atoms with Crippen LogP contribution in [-0.4, -0.2) is 34.2 Å². The SMILES string of the molecule is CCC1CCC(c2noc(CC3CSCCN3)n2)CC1. The second-order valence-electron chi connectivity index (χ2n) is 6.10. The zero-order valence-corrected chi connectivity index (χ0v) is 13.1. The van der Waals surface area contributed by atoms with E-state index in [1.807, 2.05) is 11.8 Å². The van der Waals surface area contributed by atoms with Crippen molar-refractivity contribution in [2.75, 3.05) is 18.1 Å². The van der Waals surface area contributed by atoms with Crippen LogP contribution in [-0.2, 0) is 6.42 Å². The summed E-state index contributed by atoms with van der Waals surface area (Å²) in [7, 11) is 0. The van der Waals surface area contributed by atoms with Crippen LogP contribution in [0.4, 0.5) is 0 Å². The van der Waals surface area contributed by atoms with Gasteiger partial charge in [0.25, 0.3) is 0 Å². The van der Waals surface area contributed by atoms with Crippen molar-refractivity contribution in [1.29, 1.82) is 0 Å². The number of aromatic nitrogens is 2. The van der Waals surface area contributed by atoms with Gasteiger partial charge < -0.3 is 9.84 Å². The fourth-order valence-corrected chi connectivity index (χ4v) is 4.26. The maximum absolute atomic E-state index is 5.46. The van der Waals surface area contributed by atoms with Crippen molar-refractivity contribution in [3.05, 3.63) is 11.7 Å². The third kappa shape index (κ3) is 3.55. The summed E-state index contributed by atoms with van der Waals surface area (Å²) >= 11 is 2.01. The van der Waals surface area contributed by atoms with Crippen molar-refractivity contribution in [3.63, 3.8) is 0 Å². The molecule has 2 heterocycles. The summed E-state index contributed by atoms with van der Waals surface area (Å²) < 4.78 is 5.46. The first-order valence-electron chi connectivity index (χ1n) is 7.98. The smallest absolute Gasteiger partial charge is 0.228 e. The average Bonchev–Trinajstić information content (AvgIpc) is 2.97. The molecule has 2 fully saturated rings. The lowest BCUT2D eigenvalue weighted by Crippen LogP contribution is -2.38. The molecule has 2 aliphatic rings. The van der Waals surface area contributed by atoms with Crippen molar-refractivity contribution >= 4 is 11.8 Å². The molecule has 0 amide bonds. The summed E-state index contributed by atoms with van der Waals surface area (Å²) in [4.78, 5) is 4.65. The molecule has 1 atom stereocenters. The quantitative estimate of drug-likeness (QED) is 0.925. The first kappa shape index (κ1) is 14.4. The van der Waals surface area contributed by atoms with Crippen LogP contribution >= 0.6 is 11.8 Å². The highest BCUT2D eigenvalue weighted by Gasteiger charge is 2.25. The van der Waals surface area contributed by atoms with Crippen molar-refractivity contribution in [1.82, 2.24) is 15.5 Å². The largest absolute Gasteiger partial charge is 0.339 e. The van der Waals surface area contributed by atoms with Gasteiger partial charge in [-0.15, -0.1) is 0 Å². The van der Waals surface area contributed by atoms with E-state index in [2.05, 4.69) is 22.4 Å². The van der Waals surface area contributed by atoms with Crippen LogP contribution in [0.1, 0.15) is 56.7 Å². The van der Waals surface area contributed by atoms with Crippen molar-refractivity contribution in [2.24, 2.45) is 5.92 Å². The normalized spacial score (nSPS) is 31.4. The zero-order valence-electron chi connectivity index (χ0n) is 12.3. The van der Waals surface area contributed by atoms with Gasteiger partial charge in [-0.05, 0) is 31.6 Å². The Morgan fingerprint density at radius 2 is 2.15 bits per heavy atom. The first-order valence-corrected chi connectivity index (χ1v) is 9.14. The third-order valence-corrected chi connectivity index (χ3v) is 5.82. The maximum atomic E-state index is 5.46. The van der Waals surface area contributed by atoms with Crippen molar-refractivity contribution < 1.29 is 4.52 Å². The molecule has 1 unspecified atom stereocenters. The van der Waals surface area contributed by atoms with Gasteiger partial charge >= 0.3 is 0 Å². The summed E-state index contributed by atoms with van der Waals surface area (Å²) in [6.45, 7) is 3.39. The van der Waals surface area contributed by atoms with E-state index < -0.39 is 0 Å². The van der Waals surface area contributed by atoms with E-state index in [1.165, 1.54) is 37.9 Å². The van der Waals surface area contributed by atoms with Gasteiger partial charge in [0.05, 0.1) is 0 Å². The molecular weight excluding hydrogens is 270 g/mol. The van der Waals surface area contributed by atoms with Crippen LogP contribution < -0.4 is 5.32 Å². The van der Waals surface area contributed by atoms with E-state index in [0.29, 0.717) is 12.0 Å². The second kappa shape index (κ2) is 6.94. The predicted molar refractivity (Wildman–Crippen MR) is 82.1 cm³/mol. The van der Waals surface area contributed by atoms with Crippen molar-refractivity contribution in [3.8, 4) is 0 Å². The Kier molecular flexibility index (Phi) is 4.99. The van der Waals surface area contributed by atoms with Gasteiger partial charge in [0.1, 0.15) is 0 Å². The van der Waals surface area contributed by atoms with E-state index in [-0.39, 0.29) is 0 Å². The highest BCUT2D eigenvalue weighted by Crippen LogP contribution is 2.35. The van der Waals surface area contributed by atoms with Gasteiger partial charge in [-0.1, -0.05) is 18.5 Å². The van der Waals surface area contributed by atoms with Gasteiger partial charge in [0.2, 0.25) is 5.89 Å². The van der Waals surface area contributed by atoms with E-state index in [0.717, 1.165) is 36.4 Å². The molecule has 4 nitrogen and oxygen atoms in total. The molecule has 0 aromatic carbocycles. The Hall–Kier alpha value is -0.550. The molecule has 20 heavy (non-hydrogen) atoms. The van der Waals surface area contributed by atoms with Gasteiger partial charge in [-0.2, -0.15) is 16.7 Å². The number of nitrogens with zero attached hydrogens (tertiary/aromatic N) is 2. The number of rotatable bonds is 4. The highest BCUT2D eigenvalue weighted by molar-refractivity contribution is 7.99. The molecule has 1 saturated carbocycles. The fraction of sp³-hybridized carbons (Fsp3) is 0.867. The molecule has 112 valence electrons. The molecule has 1 aliphatic carbocycles. The summed E-state index contributed by atoms with van der Waals surface area (Å²) in [5.41, 5.74) is 0. The summed E-state index contributed by atoms with van der Waals surface area (Å²) in [6, 6.07) is 0.498. The van der Waals surface area contributed by atoms with Gasteiger partial charge in [-0.3, -0.25) is 0 Å². The van der Waals surface area contributed by atoms with Crippen LogP contribution in [0.25, 0.3) is 0 Å². The standard InChI is InChI=1S/C15H25N3OS/c1-2-11-3-5-12(6-4-11)15-17-14(19-18-15)9-13-10-20-8-7-16-13/h11-13,16H,2-10H2,1H3. The first-order chi connectivity index (χ1) is 9.85. The van der Waals surface area contributed by atoms with E-state index in [4.69, 9.17) is 4.52 Å². The van der Waals surface area contributed by atoms with Gasteiger partial charge in [0, 0.05) is 36.4 Å². The predicted octanol–water partition coefficient (Wildman–Crippen LogP) is 3.00. The molecule has 0 radical (unpaired) electrons. The number of nitrogens with one attached hydrogen (secondary N) is 1. The Morgan fingerprint density at radius 3 is 2.85 bits per heavy atom. The molecular formula is C15H25N3OS. The molecule has 1 aliphatic heterocycles. The number of hydrogen-bond donors (Lipinski definition) is 1. The molecule has 1 aromatic heterocycles. The molecule has 0 spiro atoms. The zero-order chi connectivity index (χ0) is 13.8. The van der Waals surface area contributed by atoms with Crippen LogP contribution in [0.5, 0.6) is 0 Å². The number of thioether (sulfide) groups is 1. The molecule has 0 bridgehead atoms. The van der Waals surface area contributed by atoms with Crippen LogP contribution in [0.15, 0.2) is 4.52 Å². The lowest BCUT2D eigenvalue weighted by Gasteiger charge is -2.25. The van der Waals surface area contributed by atoms with E-state index >= 15 is 0 Å². The molecule has 1 saturated heterocycles. The highest BCUT2D eigenvalue weighted by atomic mass is 32.2. The summed E-state index contributed by atoms with van der Waals surface area (Å²) in [6.07, 6.45) is 7.31. The molecule has 1 aromatic rings. The maximum Gasteiger partial charge on any atom is 0.228 e. The monoisotopic (exact) mass is 295 g/mol. The van der Waals surface area contributed by atoms with Crippen LogP contribution in [0.3, 0.4) is 0 Å². The van der Waals surface area contributed by atoms with Gasteiger partial charge in [0.15, 0.2) is 5.82 Å². The minimum absolute atomic E-state index is 0.498. The Morgan fingerprint density at radius 1 is 1.30 bits per heavy atom. The topological polar surface area (TPSA) is 51.0 Å². The number of hydrogen-bond acceptors (Lipinski definition) is 5. The summed E-state index contributed by atoms with van der Waals surface area (Å²) in [5, 5.41) is 7.76. The third-order valence-electron chi connectivity index (χ3n) is 4.69. The van der Waals surface area contributed by atoms with Crippen molar-refractivity contribution in [2.45, 2.75) is 57.4 Å². The molecule has 5 heteroatoms. The Bertz CT molecular complexity index is 409. The van der Waals surface area contributed by atoms with E-state index in [1.54, 1.807) is 0 Å². The Labute approximate surface area is 125 Å². The van der Waals surface area contributed by atoms with Crippen LogP contribution in [0.2, 0.25) is 0 Å². The lowest BCUT2D eigenvalue weighted by atomic mass is 9.80. The molecule has 1 N–H and O–H groups in total. The Balaban J connectivity index is 1.54. The minimum Gasteiger partial charge on any atom is -0.339 e. The second-order valence-corrected chi connectivity index (χ2v) is 7.25.